The van der Waals surface area contributed by atoms with Crippen LogP contribution in [0.4, 0.5) is 0 Å². The lowest BCUT2D eigenvalue weighted by molar-refractivity contribution is 0.0686. The lowest BCUT2D eigenvalue weighted by Crippen LogP contribution is -2.06. The van der Waals surface area contributed by atoms with Crippen molar-refractivity contribution in [3.8, 4) is 0 Å². The number of hydrogen-bond acceptors (Lipinski definition) is 2. The molecule has 0 spiro atoms. The Kier molecular flexibility index (Phi) is 5.11. The Balaban J connectivity index is 1.74. The summed E-state index contributed by atoms with van der Waals surface area (Å²) in [4.78, 5) is 22.7. The molecule has 4 heteroatoms. The van der Waals surface area contributed by atoms with Gasteiger partial charge in [-0.15, -0.1) is 0 Å². The van der Waals surface area contributed by atoms with E-state index >= 15 is 0 Å². The van der Waals surface area contributed by atoms with Gasteiger partial charge in [0.2, 0.25) is 0 Å². The lowest BCUT2D eigenvalue weighted by atomic mass is 9.82. The molecule has 5 aromatic carbocycles. The molecule has 0 atom stereocenters. The van der Waals surface area contributed by atoms with Crippen molar-refractivity contribution < 1.29 is 19.8 Å². The van der Waals surface area contributed by atoms with Crippen LogP contribution < -0.4 is 0 Å². The van der Waals surface area contributed by atoms with Crippen molar-refractivity contribution in [2.45, 2.75) is 5.92 Å². The molecule has 0 aliphatic rings. The van der Waals surface area contributed by atoms with Gasteiger partial charge >= 0.3 is 11.9 Å². The molecule has 0 aliphatic heterocycles. The van der Waals surface area contributed by atoms with Gasteiger partial charge in [0.15, 0.2) is 0 Å². The number of carboxylic acids is 2. The van der Waals surface area contributed by atoms with Crippen LogP contribution in [0.1, 0.15) is 43.3 Å². The summed E-state index contributed by atoms with van der Waals surface area (Å²) in [5.41, 5.74) is 3.39. The predicted octanol–water partition coefficient (Wildman–Crippen LogP) is 6.57. The number of benzene rings is 5. The predicted molar refractivity (Wildman–Crippen MR) is 129 cm³/mol. The van der Waals surface area contributed by atoms with Crippen molar-refractivity contribution in [3.63, 3.8) is 0 Å². The number of carboxylic acid groups (broad SMARTS) is 2. The Labute approximate surface area is 190 Å². The van der Waals surface area contributed by atoms with Crippen molar-refractivity contribution in [3.05, 3.63) is 131 Å². The zero-order valence-corrected chi connectivity index (χ0v) is 17.6. The molecule has 0 aliphatic carbocycles. The van der Waals surface area contributed by atoms with E-state index in [1.54, 1.807) is 24.3 Å². The number of carbonyl (C=O) groups is 2. The third kappa shape index (κ3) is 3.83. The van der Waals surface area contributed by atoms with E-state index in [0.717, 1.165) is 38.2 Å². The second kappa shape index (κ2) is 8.24. The maximum atomic E-state index is 11.4. The van der Waals surface area contributed by atoms with E-state index in [0.29, 0.717) is 0 Å². The first-order chi connectivity index (χ1) is 16.0. The Hall–Kier alpha value is -4.44. The molecule has 0 bridgehead atoms. The van der Waals surface area contributed by atoms with Crippen LogP contribution in [-0.2, 0) is 0 Å². The SMILES string of the molecule is O=C(O)c1ccc(C(c2ccc(C(=O)O)cc2)c2cccc3cc4ccccc4cc23)cc1. The average Bonchev–Trinajstić information content (AvgIpc) is 2.84. The molecule has 0 amide bonds. The van der Waals surface area contributed by atoms with Crippen LogP contribution in [0.5, 0.6) is 0 Å². The maximum Gasteiger partial charge on any atom is 0.335 e. The first-order valence-electron chi connectivity index (χ1n) is 10.6. The molecule has 160 valence electrons. The molecule has 5 aromatic rings. The van der Waals surface area contributed by atoms with Crippen molar-refractivity contribution in [1.82, 2.24) is 0 Å². The minimum absolute atomic E-state index is 0.194. The summed E-state index contributed by atoms with van der Waals surface area (Å²) >= 11 is 0. The summed E-state index contributed by atoms with van der Waals surface area (Å²) < 4.78 is 0. The van der Waals surface area contributed by atoms with Gasteiger partial charge in [-0.05, 0) is 74.6 Å². The van der Waals surface area contributed by atoms with Crippen LogP contribution >= 0.6 is 0 Å². The highest BCUT2D eigenvalue weighted by Gasteiger charge is 2.20. The molecule has 0 heterocycles. The van der Waals surface area contributed by atoms with Gasteiger partial charge in [-0.2, -0.15) is 0 Å². The quantitative estimate of drug-likeness (QED) is 0.243. The summed E-state index contributed by atoms with van der Waals surface area (Å²) in [7, 11) is 0. The van der Waals surface area contributed by atoms with Crippen LogP contribution in [-0.4, -0.2) is 22.2 Å². The fourth-order valence-corrected chi connectivity index (χ4v) is 4.43. The lowest BCUT2D eigenvalue weighted by Gasteiger charge is -2.21. The highest BCUT2D eigenvalue weighted by atomic mass is 16.4. The van der Waals surface area contributed by atoms with Gasteiger partial charge in [0.25, 0.3) is 0 Å². The van der Waals surface area contributed by atoms with Crippen LogP contribution in [0.3, 0.4) is 0 Å². The van der Waals surface area contributed by atoms with E-state index in [1.165, 1.54) is 0 Å². The van der Waals surface area contributed by atoms with Gasteiger partial charge in [0, 0.05) is 5.92 Å². The van der Waals surface area contributed by atoms with E-state index in [-0.39, 0.29) is 17.0 Å². The molecule has 0 aromatic heterocycles. The van der Waals surface area contributed by atoms with E-state index in [9.17, 15) is 19.8 Å². The molecule has 0 saturated carbocycles. The fraction of sp³-hybridized carbons (Fsp3) is 0.0345. The van der Waals surface area contributed by atoms with E-state index in [1.807, 2.05) is 42.5 Å². The Morgan fingerprint density at radius 1 is 0.545 bits per heavy atom. The summed E-state index contributed by atoms with van der Waals surface area (Å²) in [6.45, 7) is 0. The largest absolute Gasteiger partial charge is 0.478 e. The van der Waals surface area contributed by atoms with E-state index < -0.39 is 11.9 Å². The molecule has 2 N–H and O–H groups in total. The number of hydrogen-bond donors (Lipinski definition) is 2. The first kappa shape index (κ1) is 20.5. The average molecular weight is 432 g/mol. The standard InChI is InChI=1S/C29H20O4/c30-28(31)20-12-8-18(9-13-20)27(19-10-14-21(15-11-19)29(32)33)25-7-3-6-24-16-22-4-1-2-5-23(22)17-26(24)25/h1-17,27H,(H,30,31)(H,32,33). The van der Waals surface area contributed by atoms with Gasteiger partial charge < -0.3 is 10.2 Å². The van der Waals surface area contributed by atoms with Gasteiger partial charge in [0.05, 0.1) is 11.1 Å². The smallest absolute Gasteiger partial charge is 0.335 e. The van der Waals surface area contributed by atoms with E-state index in [4.69, 9.17) is 0 Å². The third-order valence-electron chi connectivity index (χ3n) is 6.07. The zero-order valence-electron chi connectivity index (χ0n) is 17.6. The topological polar surface area (TPSA) is 74.6 Å². The second-order valence-electron chi connectivity index (χ2n) is 8.06. The Bertz CT molecular complexity index is 1440. The zero-order chi connectivity index (χ0) is 22.9. The first-order valence-corrected chi connectivity index (χ1v) is 10.6. The molecule has 0 fully saturated rings. The van der Waals surface area contributed by atoms with Crippen LogP contribution in [0.25, 0.3) is 21.5 Å². The molecule has 5 rings (SSSR count). The van der Waals surface area contributed by atoms with Crippen LogP contribution in [0, 0.1) is 0 Å². The van der Waals surface area contributed by atoms with Gasteiger partial charge in [-0.3, -0.25) is 0 Å². The second-order valence-corrected chi connectivity index (χ2v) is 8.06. The number of fused-ring (bicyclic) bond motifs is 2. The van der Waals surface area contributed by atoms with Gasteiger partial charge in [0.1, 0.15) is 0 Å². The monoisotopic (exact) mass is 432 g/mol. The van der Waals surface area contributed by atoms with Crippen molar-refractivity contribution in [1.29, 1.82) is 0 Å². The highest BCUT2D eigenvalue weighted by molar-refractivity contribution is 6.00. The molecule has 33 heavy (non-hydrogen) atoms. The van der Waals surface area contributed by atoms with E-state index in [2.05, 4.69) is 36.4 Å². The van der Waals surface area contributed by atoms with Crippen molar-refractivity contribution in [2.75, 3.05) is 0 Å². The summed E-state index contributed by atoms with van der Waals surface area (Å²) in [5.74, 6) is -2.14. The van der Waals surface area contributed by atoms with Gasteiger partial charge in [-0.25, -0.2) is 9.59 Å². The highest BCUT2D eigenvalue weighted by Crippen LogP contribution is 2.37. The maximum absolute atomic E-state index is 11.4. The minimum Gasteiger partial charge on any atom is -0.478 e. The molecule has 4 nitrogen and oxygen atoms in total. The van der Waals surface area contributed by atoms with Crippen molar-refractivity contribution >= 4 is 33.5 Å². The minimum atomic E-state index is -0.972. The van der Waals surface area contributed by atoms with Crippen LogP contribution in [0.2, 0.25) is 0 Å². The third-order valence-corrected chi connectivity index (χ3v) is 6.07. The Morgan fingerprint density at radius 2 is 1.03 bits per heavy atom. The normalized spacial score (nSPS) is 11.2. The summed E-state index contributed by atoms with van der Waals surface area (Å²) in [6, 6.07) is 32.5. The Morgan fingerprint density at radius 3 is 1.55 bits per heavy atom. The van der Waals surface area contributed by atoms with Crippen molar-refractivity contribution in [2.24, 2.45) is 0 Å². The fourth-order valence-electron chi connectivity index (χ4n) is 4.43. The molecular formula is C29H20O4. The number of aromatic carboxylic acids is 2. The molecular weight excluding hydrogens is 412 g/mol. The summed E-state index contributed by atoms with van der Waals surface area (Å²) in [6.07, 6.45) is 0. The van der Waals surface area contributed by atoms with Crippen LogP contribution in [0.15, 0.2) is 103 Å². The number of rotatable bonds is 5. The van der Waals surface area contributed by atoms with Gasteiger partial charge in [-0.1, -0.05) is 66.7 Å². The molecule has 0 unspecified atom stereocenters. The molecule has 0 saturated heterocycles. The molecule has 0 radical (unpaired) electrons. The summed E-state index contributed by atoms with van der Waals surface area (Å²) in [5, 5.41) is 23.1.